The first-order valence-electron chi connectivity index (χ1n) is 18.0. The summed E-state index contributed by atoms with van der Waals surface area (Å²) in [7, 11) is 10.3. The molecule has 60 heavy (non-hydrogen) atoms. The number of quaternary nitrogens is 1. The smallest absolute Gasteiger partial charge is 0.416 e. The number of rotatable bonds is 14. The topological polar surface area (TPSA) is 97.8 Å². The number of alkyl halides is 7. The fraction of sp³-hybridized carbons (Fsp3) is 0.286. The summed E-state index contributed by atoms with van der Waals surface area (Å²) in [6, 6.07) is 24.6. The van der Waals surface area contributed by atoms with E-state index in [4.69, 9.17) is 18.3 Å². The molecule has 324 valence electrons. The van der Waals surface area contributed by atoms with Crippen LogP contribution in [-0.2, 0) is 12.4 Å². The van der Waals surface area contributed by atoms with Gasteiger partial charge in [-0.3, -0.25) is 0 Å². The number of aromatic nitrogens is 2. The van der Waals surface area contributed by atoms with Gasteiger partial charge in [0.2, 0.25) is 0 Å². The van der Waals surface area contributed by atoms with Gasteiger partial charge < -0.3 is 62.3 Å². The van der Waals surface area contributed by atoms with Gasteiger partial charge in [-0.1, -0.05) is 22.6 Å². The monoisotopic (exact) mass is 1070 g/mol. The number of oxazole rings is 2. The summed E-state index contributed by atoms with van der Waals surface area (Å²) >= 11 is 2.15. The van der Waals surface area contributed by atoms with Gasteiger partial charge in [0.25, 0.3) is 12.0 Å². The van der Waals surface area contributed by atoms with E-state index in [1.807, 2.05) is 72.5 Å². The Morgan fingerprint density at radius 2 is 0.967 bits per heavy atom. The number of anilines is 4. The van der Waals surface area contributed by atoms with Gasteiger partial charge in [-0.15, -0.1) is 0 Å². The van der Waals surface area contributed by atoms with Crippen LogP contribution in [0.25, 0.3) is 22.6 Å². The van der Waals surface area contributed by atoms with Crippen molar-refractivity contribution in [2.75, 3.05) is 77.1 Å². The van der Waals surface area contributed by atoms with Gasteiger partial charge in [0.1, 0.15) is 31.3 Å². The molecule has 0 aliphatic rings. The normalized spacial score (nSPS) is 11.4. The van der Waals surface area contributed by atoms with E-state index in [-0.39, 0.29) is 36.0 Å². The Hall–Kier alpha value is -4.54. The number of ether oxygens (including phenoxy) is 2. The summed E-state index contributed by atoms with van der Waals surface area (Å²) in [5.41, 5.74) is 1.11. The molecule has 0 bridgehead atoms. The number of hydrogen-bond donors (Lipinski definition) is 2. The van der Waals surface area contributed by atoms with E-state index in [2.05, 4.69) is 64.3 Å². The molecule has 0 fully saturated rings. The zero-order valence-electron chi connectivity index (χ0n) is 33.7. The highest BCUT2D eigenvalue weighted by Gasteiger charge is 2.30. The van der Waals surface area contributed by atoms with Crippen LogP contribution in [0.4, 0.5) is 49.7 Å². The Kier molecular flexibility index (Phi) is 19.0. The van der Waals surface area contributed by atoms with Crippen LogP contribution >= 0.6 is 22.6 Å². The molecule has 0 unspecified atom stereocenters. The lowest BCUT2D eigenvalue weighted by Crippen LogP contribution is -3.00. The minimum atomic E-state index is -4.36. The van der Waals surface area contributed by atoms with Gasteiger partial charge in [0.15, 0.2) is 11.5 Å². The molecule has 0 spiro atoms. The van der Waals surface area contributed by atoms with E-state index in [1.165, 1.54) is 24.3 Å². The number of hydrogen-bond acceptors (Lipinski definition) is 9. The number of nitrogens with zero attached hydrogens (tertiary/aromatic N) is 4. The van der Waals surface area contributed by atoms with Gasteiger partial charge in [0, 0.05) is 29.0 Å². The molecule has 4 aromatic carbocycles. The molecule has 6 aromatic rings. The highest BCUT2D eigenvalue weighted by Crippen LogP contribution is 2.33. The van der Waals surface area contributed by atoms with Crippen LogP contribution in [0.2, 0.25) is 0 Å². The number of nitrogens with one attached hydrogen (secondary N) is 2. The lowest BCUT2D eigenvalue weighted by atomic mass is 10.2. The summed E-state index contributed by atoms with van der Waals surface area (Å²) in [5, 5.41) is 5.70. The molecule has 10 nitrogen and oxygen atoms in total. The van der Waals surface area contributed by atoms with Crippen LogP contribution in [0.3, 0.4) is 0 Å². The standard InChI is InChI=1S/C21H23F3N3O2.C20H20F3N3O2.CH3I.HI/c1-27(2,3)12-13-28-18-10-4-15(5-11-18)19-14-25-20(29-19)26-17-8-6-16(7-9-17)21(22,23)24;1-26(2)11-12-27-17-9-3-14(4-10-17)18-13-24-19(28-18)25-16-7-5-15(6-8-16)20(21,22)23;1-2;/h4-11,14H,12-13H2,1-3H3,(H,25,26);3-10,13H,11-12H2,1-2H3,(H,24,25);1H3;1H/q+1;;;/p-1. The summed E-state index contributed by atoms with van der Waals surface area (Å²) in [6.07, 6.45) is -5.62. The van der Waals surface area contributed by atoms with E-state index >= 15 is 0 Å². The molecule has 18 heteroatoms. The average molecular weight is 1070 g/mol. The number of benzene rings is 4. The first kappa shape index (κ1) is 49.8. The maximum atomic E-state index is 12.6. The van der Waals surface area contributed by atoms with Crippen molar-refractivity contribution in [1.82, 2.24) is 14.9 Å². The van der Waals surface area contributed by atoms with Crippen LogP contribution in [0.15, 0.2) is 118 Å². The van der Waals surface area contributed by atoms with E-state index in [9.17, 15) is 26.3 Å². The maximum Gasteiger partial charge on any atom is 0.416 e. The second-order valence-corrected chi connectivity index (χ2v) is 14.0. The molecule has 0 aliphatic carbocycles. The van der Waals surface area contributed by atoms with Gasteiger partial charge >= 0.3 is 12.4 Å². The predicted molar refractivity (Wildman–Crippen MR) is 226 cm³/mol. The predicted octanol–water partition coefficient (Wildman–Crippen LogP) is 8.29. The largest absolute Gasteiger partial charge is 1.00 e. The average Bonchev–Trinajstić information content (AvgIpc) is 3.86. The molecule has 0 atom stereocenters. The Morgan fingerprint density at radius 1 is 0.600 bits per heavy atom. The van der Waals surface area contributed by atoms with Crippen LogP contribution in [0, 0.1) is 0 Å². The molecule has 2 N–H and O–H groups in total. The molecule has 6 rings (SSSR count). The van der Waals surface area contributed by atoms with Crippen molar-refractivity contribution in [2.24, 2.45) is 0 Å². The van der Waals surface area contributed by atoms with Crippen molar-refractivity contribution >= 4 is 46.0 Å². The molecular formula is C42H46F6I2N6O4. The van der Waals surface area contributed by atoms with Crippen molar-refractivity contribution < 1.29 is 73.1 Å². The van der Waals surface area contributed by atoms with Crippen LogP contribution in [-0.4, -0.2) is 85.8 Å². The van der Waals surface area contributed by atoms with E-state index < -0.39 is 23.5 Å². The van der Waals surface area contributed by atoms with Crippen molar-refractivity contribution in [3.05, 3.63) is 121 Å². The first-order chi connectivity index (χ1) is 27.9. The van der Waals surface area contributed by atoms with Crippen molar-refractivity contribution in [3.63, 3.8) is 0 Å². The van der Waals surface area contributed by atoms with Crippen molar-refractivity contribution in [3.8, 4) is 34.1 Å². The third-order valence-electron chi connectivity index (χ3n) is 8.05. The fourth-order valence-electron chi connectivity index (χ4n) is 4.88. The van der Waals surface area contributed by atoms with E-state index in [0.717, 1.165) is 64.5 Å². The molecule has 0 saturated heterocycles. The molecule has 0 aliphatic heterocycles. The molecule has 0 radical (unpaired) electrons. The third-order valence-corrected chi connectivity index (χ3v) is 8.05. The lowest BCUT2D eigenvalue weighted by Gasteiger charge is -2.23. The van der Waals surface area contributed by atoms with Crippen LogP contribution in [0.5, 0.6) is 11.5 Å². The Bertz CT molecular complexity index is 2140. The molecular weight excluding hydrogens is 1020 g/mol. The summed E-state index contributed by atoms with van der Waals surface area (Å²) in [6.45, 7) is 2.92. The molecule has 2 heterocycles. The van der Waals surface area contributed by atoms with Crippen molar-refractivity contribution in [2.45, 2.75) is 12.4 Å². The van der Waals surface area contributed by atoms with Gasteiger partial charge in [-0.25, -0.2) is 9.97 Å². The SMILES string of the molecule is CI.CN(C)CCOc1ccc(-c2cnc(Nc3ccc(C(F)(F)F)cc3)o2)cc1.C[N+](C)(C)CCOc1ccc(-c2cnc(Nc3ccc(C(F)(F)F)cc3)o2)cc1.[I-]. The summed E-state index contributed by atoms with van der Waals surface area (Å²) in [5.74, 6) is 2.60. The number of likely N-dealkylation sites (N-methyl/N-ethyl adjacent to an activating group) is 2. The van der Waals surface area contributed by atoms with Crippen LogP contribution < -0.4 is 44.1 Å². The summed E-state index contributed by atoms with van der Waals surface area (Å²) in [4.78, 5) is 12.2. The second-order valence-electron chi connectivity index (χ2n) is 14.0. The maximum absolute atomic E-state index is 12.6. The Morgan fingerprint density at radius 3 is 1.30 bits per heavy atom. The Balaban J connectivity index is 0.000000303. The minimum Gasteiger partial charge on any atom is -1.00 e. The van der Waals surface area contributed by atoms with Gasteiger partial charge in [0.05, 0.1) is 44.7 Å². The van der Waals surface area contributed by atoms with Gasteiger partial charge in [-0.2, -0.15) is 26.3 Å². The third kappa shape index (κ3) is 16.5. The minimum absolute atomic E-state index is 0. The summed E-state index contributed by atoms with van der Waals surface area (Å²) < 4.78 is 99.2. The first-order valence-corrected chi connectivity index (χ1v) is 20.2. The van der Waals surface area contributed by atoms with Gasteiger partial charge in [-0.05, 0) is 116 Å². The van der Waals surface area contributed by atoms with E-state index in [1.54, 1.807) is 12.4 Å². The van der Waals surface area contributed by atoms with E-state index in [0.29, 0.717) is 36.1 Å². The molecule has 2 aromatic heterocycles. The lowest BCUT2D eigenvalue weighted by molar-refractivity contribution is -0.870. The zero-order chi connectivity index (χ0) is 43.2. The molecule has 0 saturated carbocycles. The van der Waals surface area contributed by atoms with Crippen LogP contribution in [0.1, 0.15) is 11.1 Å². The molecule has 0 amide bonds. The second kappa shape index (κ2) is 22.9. The fourth-order valence-corrected chi connectivity index (χ4v) is 4.88. The zero-order valence-corrected chi connectivity index (χ0v) is 38.0. The van der Waals surface area contributed by atoms with Crippen molar-refractivity contribution in [1.29, 1.82) is 0 Å². The quantitative estimate of drug-likeness (QED) is 0.0484. The number of halogens is 8. The highest BCUT2D eigenvalue weighted by molar-refractivity contribution is 14.1. The highest BCUT2D eigenvalue weighted by atomic mass is 127. The Labute approximate surface area is 376 Å².